The molecule has 21 heavy (non-hydrogen) atoms. The minimum absolute atomic E-state index is 0.0645. The standard InChI is InChI=1S/C14H8Cl2FNO3/c1-21-14(20)13-10(6-19)9(5-12(16)18-13)8-3-2-7(15)4-11(8)17/h2-6H,1H3. The van der Waals surface area contributed by atoms with Crippen LogP contribution in [0.5, 0.6) is 0 Å². The van der Waals surface area contributed by atoms with Crippen molar-refractivity contribution in [3.05, 3.63) is 51.5 Å². The Morgan fingerprint density at radius 1 is 1.29 bits per heavy atom. The van der Waals surface area contributed by atoms with Crippen LogP contribution in [0.3, 0.4) is 0 Å². The number of rotatable bonds is 3. The smallest absolute Gasteiger partial charge is 0.357 e. The van der Waals surface area contributed by atoms with Crippen LogP contribution >= 0.6 is 23.2 Å². The summed E-state index contributed by atoms with van der Waals surface area (Å²) < 4.78 is 18.6. The minimum Gasteiger partial charge on any atom is -0.464 e. The van der Waals surface area contributed by atoms with Gasteiger partial charge in [0.25, 0.3) is 0 Å². The number of carbonyl (C=O) groups is 2. The highest BCUT2D eigenvalue weighted by molar-refractivity contribution is 6.31. The number of hydrogen-bond acceptors (Lipinski definition) is 4. The van der Waals surface area contributed by atoms with E-state index in [-0.39, 0.29) is 32.6 Å². The SMILES string of the molecule is COC(=O)c1nc(Cl)cc(-c2ccc(Cl)cc2F)c1C=O. The molecule has 0 N–H and O–H groups in total. The first kappa shape index (κ1) is 15.4. The Bertz CT molecular complexity index is 734. The van der Waals surface area contributed by atoms with Gasteiger partial charge in [0.05, 0.1) is 12.7 Å². The summed E-state index contributed by atoms with van der Waals surface area (Å²) in [7, 11) is 1.14. The second-order valence-corrected chi connectivity index (χ2v) is 4.81. The van der Waals surface area contributed by atoms with Crippen LogP contribution in [0.1, 0.15) is 20.8 Å². The van der Waals surface area contributed by atoms with Crippen molar-refractivity contribution in [1.82, 2.24) is 4.98 Å². The van der Waals surface area contributed by atoms with E-state index in [9.17, 15) is 14.0 Å². The first-order chi connectivity index (χ1) is 9.97. The second-order valence-electron chi connectivity index (χ2n) is 3.99. The Kier molecular flexibility index (Phi) is 4.55. The third-order valence-electron chi connectivity index (χ3n) is 2.75. The van der Waals surface area contributed by atoms with Crippen LogP contribution in [0.4, 0.5) is 4.39 Å². The van der Waals surface area contributed by atoms with E-state index in [0.717, 1.165) is 13.2 Å². The molecule has 0 unspecified atom stereocenters. The molecular weight excluding hydrogens is 320 g/mol. The Morgan fingerprint density at radius 3 is 2.57 bits per heavy atom. The van der Waals surface area contributed by atoms with Crippen LogP contribution in [0.25, 0.3) is 11.1 Å². The van der Waals surface area contributed by atoms with Gasteiger partial charge in [-0.15, -0.1) is 0 Å². The van der Waals surface area contributed by atoms with Crippen LogP contribution in [0.15, 0.2) is 24.3 Å². The number of benzene rings is 1. The Hall–Kier alpha value is -1.98. The van der Waals surface area contributed by atoms with E-state index in [4.69, 9.17) is 23.2 Å². The zero-order valence-corrected chi connectivity index (χ0v) is 12.2. The van der Waals surface area contributed by atoms with Gasteiger partial charge in [-0.25, -0.2) is 14.2 Å². The fraction of sp³-hybridized carbons (Fsp3) is 0.0714. The van der Waals surface area contributed by atoms with Gasteiger partial charge in [-0.2, -0.15) is 0 Å². The summed E-state index contributed by atoms with van der Waals surface area (Å²) in [4.78, 5) is 26.7. The van der Waals surface area contributed by atoms with Crippen molar-refractivity contribution in [3.63, 3.8) is 0 Å². The van der Waals surface area contributed by atoms with Crippen LogP contribution in [0, 0.1) is 5.82 Å². The highest BCUT2D eigenvalue weighted by Crippen LogP contribution is 2.31. The summed E-state index contributed by atoms with van der Waals surface area (Å²) >= 11 is 11.5. The number of hydrogen-bond donors (Lipinski definition) is 0. The lowest BCUT2D eigenvalue weighted by Crippen LogP contribution is -2.10. The third kappa shape index (κ3) is 3.04. The van der Waals surface area contributed by atoms with Gasteiger partial charge in [0.15, 0.2) is 12.0 Å². The summed E-state index contributed by atoms with van der Waals surface area (Å²) in [6, 6.07) is 5.24. The molecule has 0 aliphatic rings. The fourth-order valence-electron chi connectivity index (χ4n) is 1.83. The predicted octanol–water partition coefficient (Wildman–Crippen LogP) is 3.79. The van der Waals surface area contributed by atoms with Gasteiger partial charge in [-0.05, 0) is 24.3 Å². The molecule has 2 rings (SSSR count). The number of ether oxygens (including phenoxy) is 1. The average Bonchev–Trinajstić information content (AvgIpc) is 2.45. The quantitative estimate of drug-likeness (QED) is 0.489. The minimum atomic E-state index is -0.838. The molecule has 2 aromatic rings. The zero-order chi connectivity index (χ0) is 15.6. The lowest BCUT2D eigenvalue weighted by molar-refractivity contribution is 0.0591. The number of carbonyl (C=O) groups excluding carboxylic acids is 2. The first-order valence-corrected chi connectivity index (χ1v) is 6.43. The molecule has 0 aliphatic heterocycles. The van der Waals surface area contributed by atoms with Gasteiger partial charge >= 0.3 is 5.97 Å². The van der Waals surface area contributed by atoms with Gasteiger partial charge < -0.3 is 4.74 Å². The van der Waals surface area contributed by atoms with Crippen LogP contribution in [-0.2, 0) is 4.74 Å². The second kappa shape index (κ2) is 6.20. The molecule has 1 aromatic carbocycles. The molecule has 108 valence electrons. The van der Waals surface area contributed by atoms with E-state index in [0.29, 0.717) is 6.29 Å². The molecule has 0 spiro atoms. The van der Waals surface area contributed by atoms with E-state index in [1.807, 2.05) is 0 Å². The topological polar surface area (TPSA) is 56.3 Å². The van der Waals surface area contributed by atoms with Gasteiger partial charge in [-0.3, -0.25) is 4.79 Å². The molecule has 1 aromatic heterocycles. The first-order valence-electron chi connectivity index (χ1n) is 5.67. The van der Waals surface area contributed by atoms with Gasteiger partial charge in [0, 0.05) is 16.1 Å². The van der Waals surface area contributed by atoms with Gasteiger partial charge in [-0.1, -0.05) is 23.2 Å². The lowest BCUT2D eigenvalue weighted by Gasteiger charge is -2.10. The van der Waals surface area contributed by atoms with Crippen LogP contribution in [0.2, 0.25) is 10.2 Å². The molecule has 0 atom stereocenters. The molecule has 0 aliphatic carbocycles. The number of nitrogens with zero attached hydrogens (tertiary/aromatic N) is 1. The maximum absolute atomic E-state index is 14.0. The molecule has 0 fully saturated rings. The summed E-state index contributed by atoms with van der Waals surface area (Å²) in [5.41, 5.74) is -0.160. The van der Waals surface area contributed by atoms with Gasteiger partial charge in [0.1, 0.15) is 11.0 Å². The molecule has 1 heterocycles. The summed E-state index contributed by atoms with van der Waals surface area (Å²) in [5, 5.41) is 0.141. The maximum atomic E-state index is 14.0. The highest BCUT2D eigenvalue weighted by Gasteiger charge is 2.21. The third-order valence-corrected chi connectivity index (χ3v) is 3.17. The van der Waals surface area contributed by atoms with E-state index in [2.05, 4.69) is 9.72 Å². The van der Waals surface area contributed by atoms with Crippen LogP contribution in [-0.4, -0.2) is 24.3 Å². The van der Waals surface area contributed by atoms with E-state index >= 15 is 0 Å². The van der Waals surface area contributed by atoms with E-state index in [1.54, 1.807) is 0 Å². The Labute approximate surface area is 129 Å². The number of aromatic nitrogens is 1. The average molecular weight is 328 g/mol. The number of halogens is 3. The largest absolute Gasteiger partial charge is 0.464 e. The monoisotopic (exact) mass is 327 g/mol. The number of pyridine rings is 1. The van der Waals surface area contributed by atoms with Crippen molar-refractivity contribution < 1.29 is 18.7 Å². The molecule has 4 nitrogen and oxygen atoms in total. The van der Waals surface area contributed by atoms with E-state index < -0.39 is 11.8 Å². The van der Waals surface area contributed by atoms with Crippen molar-refractivity contribution in [1.29, 1.82) is 0 Å². The molecule has 0 amide bonds. The van der Waals surface area contributed by atoms with Crippen molar-refractivity contribution in [3.8, 4) is 11.1 Å². The number of methoxy groups -OCH3 is 1. The van der Waals surface area contributed by atoms with Gasteiger partial charge in [0.2, 0.25) is 0 Å². The summed E-state index contributed by atoms with van der Waals surface area (Å²) in [6.45, 7) is 0. The fourth-order valence-corrected chi connectivity index (χ4v) is 2.18. The molecule has 0 radical (unpaired) electrons. The predicted molar refractivity (Wildman–Crippen MR) is 76.4 cm³/mol. The van der Waals surface area contributed by atoms with Crippen LogP contribution < -0.4 is 0 Å². The maximum Gasteiger partial charge on any atom is 0.357 e. The van der Waals surface area contributed by atoms with Crippen molar-refractivity contribution >= 4 is 35.5 Å². The molecule has 0 bridgehead atoms. The Balaban J connectivity index is 2.76. The summed E-state index contributed by atoms with van der Waals surface area (Å²) in [5.74, 6) is -1.49. The van der Waals surface area contributed by atoms with Crippen molar-refractivity contribution in [2.75, 3.05) is 7.11 Å². The number of esters is 1. The highest BCUT2D eigenvalue weighted by atomic mass is 35.5. The lowest BCUT2D eigenvalue weighted by atomic mass is 9.99. The molecule has 7 heteroatoms. The van der Waals surface area contributed by atoms with Crippen molar-refractivity contribution in [2.24, 2.45) is 0 Å². The summed E-state index contributed by atoms with van der Waals surface area (Å²) in [6.07, 6.45) is 0.402. The normalized spacial score (nSPS) is 10.3. The number of aldehydes is 1. The molecule has 0 saturated carbocycles. The zero-order valence-electron chi connectivity index (χ0n) is 10.7. The molecular formula is C14H8Cl2FNO3. The Morgan fingerprint density at radius 2 is 2.00 bits per heavy atom. The molecule has 0 saturated heterocycles. The van der Waals surface area contributed by atoms with E-state index in [1.165, 1.54) is 18.2 Å². The van der Waals surface area contributed by atoms with Crippen molar-refractivity contribution in [2.45, 2.75) is 0 Å².